The first kappa shape index (κ1) is 15.4. The van der Waals surface area contributed by atoms with Crippen LogP contribution in [0.15, 0.2) is 52.7 Å². The average Bonchev–Trinajstić information content (AvgIpc) is 2.49. The molecular formula is C15H14F2N4O. The van der Waals surface area contributed by atoms with E-state index in [9.17, 15) is 8.78 Å². The van der Waals surface area contributed by atoms with E-state index in [-0.39, 0.29) is 18.3 Å². The fraction of sp³-hybridized carbons (Fsp3) is 0.0667. The highest BCUT2D eigenvalue weighted by atomic mass is 19.2. The van der Waals surface area contributed by atoms with Crippen molar-refractivity contribution < 1.29 is 13.5 Å². The molecule has 0 aliphatic rings. The Morgan fingerprint density at radius 1 is 1.05 bits per heavy atom. The van der Waals surface area contributed by atoms with Crippen LogP contribution in [0.25, 0.3) is 0 Å². The lowest BCUT2D eigenvalue weighted by Crippen LogP contribution is -2.21. The molecule has 0 saturated heterocycles. The largest absolute Gasteiger partial charge is 0.489 e. The van der Waals surface area contributed by atoms with Gasteiger partial charge < -0.3 is 16.2 Å². The molecule has 0 atom stereocenters. The molecule has 0 spiro atoms. The molecule has 5 nitrogen and oxygen atoms in total. The molecule has 2 aromatic carbocycles. The van der Waals surface area contributed by atoms with E-state index in [4.69, 9.17) is 16.2 Å². The third-order valence-electron chi connectivity index (χ3n) is 2.66. The zero-order valence-corrected chi connectivity index (χ0v) is 11.5. The van der Waals surface area contributed by atoms with E-state index < -0.39 is 11.6 Å². The molecule has 0 heterocycles. The van der Waals surface area contributed by atoms with E-state index >= 15 is 0 Å². The Labute approximate surface area is 125 Å². The zero-order valence-electron chi connectivity index (χ0n) is 11.5. The van der Waals surface area contributed by atoms with Crippen LogP contribution in [-0.2, 0) is 6.61 Å². The molecule has 0 aliphatic carbocycles. The highest BCUT2D eigenvalue weighted by molar-refractivity contribution is 5.81. The van der Waals surface area contributed by atoms with Crippen molar-refractivity contribution in [3.63, 3.8) is 0 Å². The molecule has 4 N–H and O–H groups in total. The topological polar surface area (TPSA) is 86.0 Å². The molecular weight excluding hydrogens is 290 g/mol. The highest BCUT2D eigenvalue weighted by Crippen LogP contribution is 2.17. The Morgan fingerprint density at radius 2 is 1.77 bits per heavy atom. The van der Waals surface area contributed by atoms with E-state index in [1.165, 1.54) is 12.3 Å². The normalized spacial score (nSPS) is 10.6. The molecule has 0 fully saturated rings. The first-order valence-corrected chi connectivity index (χ1v) is 6.33. The van der Waals surface area contributed by atoms with Crippen LogP contribution in [0.5, 0.6) is 5.75 Å². The summed E-state index contributed by atoms with van der Waals surface area (Å²) in [5, 5.41) is 7.17. The lowest BCUT2D eigenvalue weighted by molar-refractivity contribution is 0.303. The number of hydrogen-bond acceptors (Lipinski definition) is 3. The van der Waals surface area contributed by atoms with Crippen LogP contribution in [-0.4, -0.2) is 12.2 Å². The fourth-order valence-corrected chi connectivity index (χ4v) is 1.60. The Balaban J connectivity index is 1.95. The second-order valence-corrected chi connectivity index (χ2v) is 4.38. The number of nitrogens with zero attached hydrogens (tertiary/aromatic N) is 2. The molecule has 0 bridgehead atoms. The lowest BCUT2D eigenvalue weighted by atomic mass is 10.1. The van der Waals surface area contributed by atoms with Crippen molar-refractivity contribution in [3.8, 4) is 5.75 Å². The maximum absolute atomic E-state index is 13.0. The average molecular weight is 304 g/mol. The van der Waals surface area contributed by atoms with E-state index in [0.717, 1.165) is 23.3 Å². The van der Waals surface area contributed by atoms with Crippen LogP contribution in [0.1, 0.15) is 11.1 Å². The van der Waals surface area contributed by atoms with Crippen LogP contribution in [0, 0.1) is 11.6 Å². The number of halogens is 2. The molecule has 0 saturated carbocycles. The standard InChI is InChI=1S/C15H14F2N4O/c16-13-6-5-12(7-14(13)17)22-9-11-3-1-10(2-4-11)8-20-21-15(18)19/h1-8H,9H2,(H4,18,19,21). The van der Waals surface area contributed by atoms with E-state index in [1.807, 2.05) is 12.1 Å². The van der Waals surface area contributed by atoms with Gasteiger partial charge in [0.15, 0.2) is 11.6 Å². The van der Waals surface area contributed by atoms with Crippen molar-refractivity contribution in [2.45, 2.75) is 6.61 Å². The SMILES string of the molecule is NC(N)=NN=Cc1ccc(COc2ccc(F)c(F)c2)cc1. The minimum absolute atomic E-state index is 0.118. The number of guanidine groups is 1. The molecule has 0 amide bonds. The van der Waals surface area contributed by atoms with Gasteiger partial charge >= 0.3 is 0 Å². The van der Waals surface area contributed by atoms with Crippen molar-refractivity contribution in [2.24, 2.45) is 21.7 Å². The van der Waals surface area contributed by atoms with Gasteiger partial charge in [-0.3, -0.25) is 0 Å². The van der Waals surface area contributed by atoms with E-state index in [1.54, 1.807) is 12.1 Å². The zero-order chi connectivity index (χ0) is 15.9. The first-order valence-electron chi connectivity index (χ1n) is 6.33. The van der Waals surface area contributed by atoms with Crippen molar-refractivity contribution >= 4 is 12.2 Å². The van der Waals surface area contributed by atoms with Crippen LogP contribution >= 0.6 is 0 Å². The molecule has 0 radical (unpaired) electrons. The van der Waals surface area contributed by atoms with Gasteiger partial charge in [0.05, 0.1) is 6.21 Å². The summed E-state index contributed by atoms with van der Waals surface area (Å²) in [6.07, 6.45) is 1.50. The van der Waals surface area contributed by atoms with Crippen LogP contribution in [0.3, 0.4) is 0 Å². The Bertz CT molecular complexity index is 695. The predicted octanol–water partition coefficient (Wildman–Crippen LogP) is 2.15. The molecule has 2 aromatic rings. The lowest BCUT2D eigenvalue weighted by Gasteiger charge is -2.06. The Hall–Kier alpha value is -2.96. The van der Waals surface area contributed by atoms with Crippen LogP contribution in [0.2, 0.25) is 0 Å². The van der Waals surface area contributed by atoms with Gasteiger partial charge in [-0.15, -0.1) is 5.10 Å². The van der Waals surface area contributed by atoms with Gasteiger partial charge in [-0.25, -0.2) is 8.78 Å². The number of nitrogens with two attached hydrogens (primary N) is 2. The van der Waals surface area contributed by atoms with Crippen LogP contribution < -0.4 is 16.2 Å². The summed E-state index contributed by atoms with van der Waals surface area (Å²) in [4.78, 5) is 0. The molecule has 2 rings (SSSR count). The minimum Gasteiger partial charge on any atom is -0.489 e. The summed E-state index contributed by atoms with van der Waals surface area (Å²) in [5.41, 5.74) is 12.0. The van der Waals surface area contributed by atoms with Crippen molar-refractivity contribution in [3.05, 3.63) is 65.2 Å². The maximum atomic E-state index is 13.0. The van der Waals surface area contributed by atoms with Gasteiger partial charge in [0, 0.05) is 6.07 Å². The second kappa shape index (κ2) is 7.16. The summed E-state index contributed by atoms with van der Waals surface area (Å²) in [6.45, 7) is 0.233. The van der Waals surface area contributed by atoms with E-state index in [0.29, 0.717) is 0 Å². The number of rotatable bonds is 5. The van der Waals surface area contributed by atoms with Crippen molar-refractivity contribution in [1.29, 1.82) is 0 Å². The minimum atomic E-state index is -0.941. The third kappa shape index (κ3) is 4.55. The first-order chi connectivity index (χ1) is 10.5. The van der Waals surface area contributed by atoms with Gasteiger partial charge in [0.25, 0.3) is 0 Å². The predicted molar refractivity (Wildman–Crippen MR) is 80.5 cm³/mol. The number of ether oxygens (including phenoxy) is 1. The molecule has 7 heteroatoms. The van der Waals surface area contributed by atoms with Crippen molar-refractivity contribution in [1.82, 2.24) is 0 Å². The van der Waals surface area contributed by atoms with Crippen molar-refractivity contribution in [2.75, 3.05) is 0 Å². The molecule has 114 valence electrons. The second-order valence-electron chi connectivity index (χ2n) is 4.38. The Morgan fingerprint density at radius 3 is 2.41 bits per heavy atom. The van der Waals surface area contributed by atoms with Gasteiger partial charge in [0.1, 0.15) is 12.4 Å². The fourth-order valence-electron chi connectivity index (χ4n) is 1.60. The number of hydrogen-bond donors (Lipinski definition) is 2. The quantitative estimate of drug-likeness (QED) is 0.504. The molecule has 0 aliphatic heterocycles. The molecule has 0 unspecified atom stereocenters. The van der Waals surface area contributed by atoms with Gasteiger partial charge in [-0.1, -0.05) is 24.3 Å². The summed E-state index contributed by atoms with van der Waals surface area (Å²) in [5.74, 6) is -1.70. The molecule has 22 heavy (non-hydrogen) atoms. The highest BCUT2D eigenvalue weighted by Gasteiger charge is 2.03. The maximum Gasteiger partial charge on any atom is 0.211 e. The summed E-state index contributed by atoms with van der Waals surface area (Å²) in [7, 11) is 0. The van der Waals surface area contributed by atoms with Gasteiger partial charge in [-0.2, -0.15) is 5.10 Å². The van der Waals surface area contributed by atoms with Gasteiger partial charge in [0.2, 0.25) is 5.96 Å². The number of benzene rings is 2. The third-order valence-corrected chi connectivity index (χ3v) is 2.66. The summed E-state index contributed by atoms with van der Waals surface area (Å²) in [6, 6.07) is 10.6. The molecule has 0 aromatic heterocycles. The van der Waals surface area contributed by atoms with E-state index in [2.05, 4.69) is 10.2 Å². The van der Waals surface area contributed by atoms with Crippen LogP contribution in [0.4, 0.5) is 8.78 Å². The monoisotopic (exact) mass is 304 g/mol. The van der Waals surface area contributed by atoms with Gasteiger partial charge in [-0.05, 0) is 23.3 Å². The summed E-state index contributed by atoms with van der Waals surface area (Å²) < 4.78 is 31.2. The summed E-state index contributed by atoms with van der Waals surface area (Å²) >= 11 is 0. The Kier molecular flexibility index (Phi) is 5.02. The smallest absolute Gasteiger partial charge is 0.211 e.